The number of hydrogen-bond acceptors (Lipinski definition) is 3. The highest BCUT2D eigenvalue weighted by Gasteiger charge is 2.39. The predicted octanol–water partition coefficient (Wildman–Crippen LogP) is 2.25. The highest BCUT2D eigenvalue weighted by Crippen LogP contribution is 2.32. The van der Waals surface area contributed by atoms with Crippen LogP contribution >= 0.6 is 0 Å². The van der Waals surface area contributed by atoms with E-state index < -0.39 is 0 Å². The predicted molar refractivity (Wildman–Crippen MR) is 64.6 cm³/mol. The highest BCUT2D eigenvalue weighted by molar-refractivity contribution is 5.23. The molecular formula is C13H20N2O. The molecule has 88 valence electrons. The van der Waals surface area contributed by atoms with Gasteiger partial charge < -0.3 is 10.5 Å². The van der Waals surface area contributed by atoms with Gasteiger partial charge in [-0.05, 0) is 25.0 Å². The van der Waals surface area contributed by atoms with Crippen molar-refractivity contribution in [2.75, 3.05) is 6.61 Å². The minimum atomic E-state index is -0.0668. The zero-order valence-electron chi connectivity index (χ0n) is 10.3. The van der Waals surface area contributed by atoms with E-state index in [0.29, 0.717) is 6.61 Å². The van der Waals surface area contributed by atoms with Crippen LogP contribution in [0, 0.1) is 0 Å². The lowest BCUT2D eigenvalue weighted by Gasteiger charge is -2.18. The first kappa shape index (κ1) is 11.4. The quantitative estimate of drug-likeness (QED) is 0.850. The summed E-state index contributed by atoms with van der Waals surface area (Å²) >= 11 is 0. The molecule has 0 unspecified atom stereocenters. The van der Waals surface area contributed by atoms with Crippen molar-refractivity contribution < 1.29 is 4.74 Å². The summed E-state index contributed by atoms with van der Waals surface area (Å²) in [5.41, 5.74) is 7.05. The Labute approximate surface area is 97.0 Å². The molecule has 1 saturated carbocycles. The molecule has 0 atom stereocenters. The molecule has 1 aromatic heterocycles. The molecule has 1 aromatic rings. The van der Waals surface area contributed by atoms with Crippen molar-refractivity contribution in [3.05, 3.63) is 24.0 Å². The minimum absolute atomic E-state index is 0.0668. The SMILES string of the molecule is CC(C)(C)c1ccc(OCC2(N)CC2)cn1. The number of hydrogen-bond donors (Lipinski definition) is 1. The van der Waals surface area contributed by atoms with Gasteiger partial charge in [0.2, 0.25) is 0 Å². The lowest BCUT2D eigenvalue weighted by Crippen LogP contribution is -2.29. The number of rotatable bonds is 3. The van der Waals surface area contributed by atoms with Crippen molar-refractivity contribution in [3.8, 4) is 5.75 Å². The van der Waals surface area contributed by atoms with E-state index in [9.17, 15) is 0 Å². The Balaban J connectivity index is 1.96. The van der Waals surface area contributed by atoms with Gasteiger partial charge in [0.05, 0.1) is 11.7 Å². The number of nitrogens with zero attached hydrogens (tertiary/aromatic N) is 1. The molecule has 2 rings (SSSR count). The zero-order valence-corrected chi connectivity index (χ0v) is 10.3. The summed E-state index contributed by atoms with van der Waals surface area (Å²) in [6.45, 7) is 7.04. The van der Waals surface area contributed by atoms with Crippen LogP contribution in [0.25, 0.3) is 0 Å². The first-order valence-electron chi connectivity index (χ1n) is 5.77. The molecule has 1 aliphatic carbocycles. The maximum atomic E-state index is 5.95. The first-order valence-corrected chi connectivity index (χ1v) is 5.77. The Kier molecular flexibility index (Phi) is 2.66. The van der Waals surface area contributed by atoms with E-state index in [-0.39, 0.29) is 11.0 Å². The van der Waals surface area contributed by atoms with Crippen LogP contribution in [0.2, 0.25) is 0 Å². The summed E-state index contributed by atoms with van der Waals surface area (Å²) in [4.78, 5) is 4.41. The fraction of sp³-hybridized carbons (Fsp3) is 0.615. The van der Waals surface area contributed by atoms with Crippen molar-refractivity contribution in [2.45, 2.75) is 44.6 Å². The molecule has 1 fully saturated rings. The van der Waals surface area contributed by atoms with Gasteiger partial charge in [0, 0.05) is 11.1 Å². The fourth-order valence-electron chi connectivity index (χ4n) is 1.44. The number of ether oxygens (including phenoxy) is 1. The molecule has 3 heteroatoms. The van der Waals surface area contributed by atoms with Crippen molar-refractivity contribution in [2.24, 2.45) is 5.73 Å². The molecule has 0 spiro atoms. The van der Waals surface area contributed by atoms with E-state index in [0.717, 1.165) is 24.3 Å². The molecule has 0 aromatic carbocycles. The summed E-state index contributed by atoms with van der Waals surface area (Å²) in [5.74, 6) is 0.810. The highest BCUT2D eigenvalue weighted by atomic mass is 16.5. The third-order valence-corrected chi connectivity index (χ3v) is 2.92. The first-order chi connectivity index (χ1) is 7.39. The third kappa shape index (κ3) is 2.73. The maximum Gasteiger partial charge on any atom is 0.137 e. The van der Waals surface area contributed by atoms with Crippen molar-refractivity contribution in [1.29, 1.82) is 0 Å². The van der Waals surface area contributed by atoms with Crippen LogP contribution < -0.4 is 10.5 Å². The fourth-order valence-corrected chi connectivity index (χ4v) is 1.44. The second kappa shape index (κ2) is 3.74. The van der Waals surface area contributed by atoms with Crippen molar-refractivity contribution >= 4 is 0 Å². The van der Waals surface area contributed by atoms with E-state index in [1.54, 1.807) is 6.20 Å². The molecule has 0 saturated heterocycles. The lowest BCUT2D eigenvalue weighted by molar-refractivity contribution is 0.278. The molecule has 0 amide bonds. The molecule has 0 bridgehead atoms. The lowest BCUT2D eigenvalue weighted by atomic mass is 9.92. The van der Waals surface area contributed by atoms with Gasteiger partial charge in [0.1, 0.15) is 12.4 Å². The maximum absolute atomic E-state index is 5.95. The van der Waals surface area contributed by atoms with E-state index in [4.69, 9.17) is 10.5 Å². The van der Waals surface area contributed by atoms with Crippen LogP contribution in [0.15, 0.2) is 18.3 Å². The molecule has 0 aliphatic heterocycles. The van der Waals surface area contributed by atoms with Crippen LogP contribution in [0.3, 0.4) is 0 Å². The van der Waals surface area contributed by atoms with Crippen molar-refractivity contribution in [1.82, 2.24) is 4.98 Å². The van der Waals surface area contributed by atoms with Gasteiger partial charge in [-0.15, -0.1) is 0 Å². The Morgan fingerprint density at radius 2 is 2.06 bits per heavy atom. The summed E-state index contributed by atoms with van der Waals surface area (Å²) in [7, 11) is 0. The summed E-state index contributed by atoms with van der Waals surface area (Å²) in [6.07, 6.45) is 3.92. The van der Waals surface area contributed by atoms with Gasteiger partial charge in [-0.3, -0.25) is 4.98 Å². The standard InChI is InChI=1S/C13H20N2O/c1-12(2,3)11-5-4-10(8-15-11)16-9-13(14)6-7-13/h4-5,8H,6-7,9,14H2,1-3H3. The van der Waals surface area contributed by atoms with Crippen LogP contribution in [0.1, 0.15) is 39.3 Å². The smallest absolute Gasteiger partial charge is 0.137 e. The number of pyridine rings is 1. The van der Waals surface area contributed by atoms with E-state index in [2.05, 4.69) is 25.8 Å². The summed E-state index contributed by atoms with van der Waals surface area (Å²) in [6, 6.07) is 3.99. The number of aromatic nitrogens is 1. The van der Waals surface area contributed by atoms with Gasteiger partial charge in [0.25, 0.3) is 0 Å². The van der Waals surface area contributed by atoms with Gasteiger partial charge in [0.15, 0.2) is 0 Å². The topological polar surface area (TPSA) is 48.1 Å². The number of nitrogens with two attached hydrogens (primary N) is 1. The third-order valence-electron chi connectivity index (χ3n) is 2.92. The Bertz CT molecular complexity index is 361. The second-order valence-electron chi connectivity index (χ2n) is 5.78. The van der Waals surface area contributed by atoms with E-state index in [1.807, 2.05) is 12.1 Å². The Hall–Kier alpha value is -1.09. The largest absolute Gasteiger partial charge is 0.490 e. The molecular weight excluding hydrogens is 200 g/mol. The van der Waals surface area contributed by atoms with Gasteiger partial charge >= 0.3 is 0 Å². The van der Waals surface area contributed by atoms with Gasteiger partial charge in [-0.25, -0.2) is 0 Å². The molecule has 3 nitrogen and oxygen atoms in total. The van der Waals surface area contributed by atoms with Gasteiger partial charge in [-0.2, -0.15) is 0 Å². The summed E-state index contributed by atoms with van der Waals surface area (Å²) in [5, 5.41) is 0. The molecule has 1 heterocycles. The average molecular weight is 220 g/mol. The second-order valence-corrected chi connectivity index (χ2v) is 5.78. The van der Waals surface area contributed by atoms with Crippen LogP contribution in [-0.4, -0.2) is 17.1 Å². The molecule has 16 heavy (non-hydrogen) atoms. The molecule has 0 radical (unpaired) electrons. The van der Waals surface area contributed by atoms with E-state index in [1.165, 1.54) is 0 Å². The zero-order chi connectivity index (χ0) is 11.8. The Morgan fingerprint density at radius 1 is 1.38 bits per heavy atom. The average Bonchev–Trinajstić information content (AvgIpc) is 2.94. The van der Waals surface area contributed by atoms with Crippen LogP contribution in [-0.2, 0) is 5.41 Å². The Morgan fingerprint density at radius 3 is 2.50 bits per heavy atom. The van der Waals surface area contributed by atoms with E-state index >= 15 is 0 Å². The van der Waals surface area contributed by atoms with Gasteiger partial charge in [-0.1, -0.05) is 20.8 Å². The molecule has 2 N–H and O–H groups in total. The van der Waals surface area contributed by atoms with Crippen molar-refractivity contribution in [3.63, 3.8) is 0 Å². The summed E-state index contributed by atoms with van der Waals surface area (Å²) < 4.78 is 5.61. The van der Waals surface area contributed by atoms with Crippen LogP contribution in [0.5, 0.6) is 5.75 Å². The normalized spacial score (nSPS) is 18.2. The van der Waals surface area contributed by atoms with Crippen LogP contribution in [0.4, 0.5) is 0 Å². The monoisotopic (exact) mass is 220 g/mol. The minimum Gasteiger partial charge on any atom is -0.490 e. The molecule has 1 aliphatic rings.